The summed E-state index contributed by atoms with van der Waals surface area (Å²) in [5.41, 5.74) is 0. The SMILES string of the molecule is FC(F)(F)C(F)(F)C(F)(F)C(F)(F)C(F)(F)C(F)(F)C(F)(F)C(F)(F)C(F)(F)C(F)(F)C(F)(F)C(F)(F)C(F)(F)C(F)(F)Br. The van der Waals surface area contributed by atoms with Gasteiger partial charge in [0.15, 0.2) is 0 Å². The van der Waals surface area contributed by atoms with Crippen molar-refractivity contribution in [3.05, 3.63) is 0 Å². The molecule has 0 fully saturated rings. The van der Waals surface area contributed by atoms with Crippen LogP contribution in [0, 0.1) is 0 Å². The number of halogens is 30. The molecule has 44 heavy (non-hydrogen) atoms. The summed E-state index contributed by atoms with van der Waals surface area (Å²) >= 11 is 0.0895. The van der Waals surface area contributed by atoms with Gasteiger partial charge in [0.2, 0.25) is 0 Å². The summed E-state index contributed by atoms with van der Waals surface area (Å²) in [6, 6.07) is 0. The fourth-order valence-corrected chi connectivity index (χ4v) is 2.58. The van der Waals surface area contributed by atoms with Crippen LogP contribution in [0.3, 0.4) is 0 Å². The average molecular weight is 799 g/mol. The molecule has 0 rings (SSSR count). The summed E-state index contributed by atoms with van der Waals surface area (Å²) in [7, 11) is 0. The number of hydrogen-bond acceptors (Lipinski definition) is 0. The minimum Gasteiger partial charge on any atom is -0.192 e. The van der Waals surface area contributed by atoms with E-state index in [2.05, 4.69) is 0 Å². The van der Waals surface area contributed by atoms with Gasteiger partial charge in [-0.1, -0.05) is 0 Å². The molecule has 0 aromatic carbocycles. The molecular formula is C14BrF29. The third-order valence-electron chi connectivity index (χ3n) is 5.05. The number of hydrogen-bond donors (Lipinski definition) is 0. The number of alkyl halides is 30. The van der Waals surface area contributed by atoms with E-state index in [1.807, 2.05) is 0 Å². The van der Waals surface area contributed by atoms with Crippen LogP contribution in [0.25, 0.3) is 0 Å². The predicted octanol–water partition coefficient (Wildman–Crippen LogP) is 10.2. The van der Waals surface area contributed by atoms with E-state index in [4.69, 9.17) is 0 Å². The van der Waals surface area contributed by atoms with Crippen LogP contribution in [-0.4, -0.2) is 82.1 Å². The van der Waals surface area contributed by atoms with Crippen LogP contribution in [0.15, 0.2) is 0 Å². The van der Waals surface area contributed by atoms with Gasteiger partial charge in [-0.3, -0.25) is 0 Å². The van der Waals surface area contributed by atoms with E-state index in [1.54, 1.807) is 0 Å². The van der Waals surface area contributed by atoms with E-state index in [0.717, 1.165) is 0 Å². The van der Waals surface area contributed by atoms with Gasteiger partial charge in [-0.25, -0.2) is 0 Å². The largest absolute Gasteiger partial charge is 0.460 e. The van der Waals surface area contributed by atoms with E-state index in [9.17, 15) is 127 Å². The highest BCUT2D eigenvalue weighted by Gasteiger charge is 3.00. The van der Waals surface area contributed by atoms with Crippen molar-refractivity contribution in [2.24, 2.45) is 0 Å². The summed E-state index contributed by atoms with van der Waals surface area (Å²) in [5.74, 6) is -113. The van der Waals surface area contributed by atoms with Crippen molar-refractivity contribution < 1.29 is 127 Å². The second-order valence-corrected chi connectivity index (χ2v) is 8.88. The third-order valence-corrected chi connectivity index (χ3v) is 5.55. The van der Waals surface area contributed by atoms with Crippen molar-refractivity contribution in [3.8, 4) is 0 Å². The van der Waals surface area contributed by atoms with Gasteiger partial charge in [0, 0.05) is 0 Å². The molecule has 0 saturated heterocycles. The molecule has 0 aliphatic rings. The summed E-state index contributed by atoms with van der Waals surface area (Å²) in [6.45, 7) is 0. The Morgan fingerprint density at radius 1 is 0.182 bits per heavy atom. The van der Waals surface area contributed by atoms with E-state index in [-0.39, 0.29) is 15.9 Å². The lowest BCUT2D eigenvalue weighted by atomic mass is 9.84. The van der Waals surface area contributed by atoms with E-state index in [1.165, 1.54) is 0 Å². The summed E-state index contributed by atoms with van der Waals surface area (Å²) in [6.07, 6.45) is -8.28. The molecule has 0 aliphatic carbocycles. The Morgan fingerprint density at radius 3 is 0.409 bits per heavy atom. The fourth-order valence-electron chi connectivity index (χ4n) is 2.33. The van der Waals surface area contributed by atoms with Gasteiger partial charge in [-0.15, -0.1) is 0 Å². The van der Waals surface area contributed by atoms with Crippen LogP contribution < -0.4 is 0 Å². The Balaban J connectivity index is 7.52. The summed E-state index contributed by atoms with van der Waals surface area (Å²) in [4.78, 5) is -6.99. The molecular weight excluding hydrogens is 799 g/mol. The minimum absolute atomic E-state index is 0.0895. The fraction of sp³-hybridized carbons (Fsp3) is 1.00. The van der Waals surface area contributed by atoms with Gasteiger partial charge in [0.05, 0.1) is 0 Å². The highest BCUT2D eigenvalue weighted by molar-refractivity contribution is 9.10. The molecule has 0 nitrogen and oxygen atoms in total. The molecule has 0 atom stereocenters. The molecule has 0 N–H and O–H groups in total. The molecule has 0 aliphatic heterocycles. The van der Waals surface area contributed by atoms with Crippen molar-refractivity contribution in [3.63, 3.8) is 0 Å². The van der Waals surface area contributed by atoms with Gasteiger partial charge >= 0.3 is 82.1 Å². The van der Waals surface area contributed by atoms with E-state index in [0.29, 0.717) is 0 Å². The first kappa shape index (κ1) is 42.4. The third kappa shape index (κ3) is 4.72. The Bertz CT molecular complexity index is 969. The molecule has 0 bridgehead atoms. The van der Waals surface area contributed by atoms with Gasteiger partial charge < -0.3 is 0 Å². The molecule has 266 valence electrons. The van der Waals surface area contributed by atoms with Gasteiger partial charge in [-0.05, 0) is 15.9 Å². The van der Waals surface area contributed by atoms with Gasteiger partial charge in [0.25, 0.3) is 0 Å². The monoisotopic (exact) mass is 798 g/mol. The zero-order chi connectivity index (χ0) is 37.0. The summed E-state index contributed by atoms with van der Waals surface area (Å²) < 4.78 is 380. The predicted molar refractivity (Wildman–Crippen MR) is 79.3 cm³/mol. The highest BCUT2D eigenvalue weighted by Crippen LogP contribution is 2.69. The van der Waals surface area contributed by atoms with Crippen molar-refractivity contribution in [1.29, 1.82) is 0 Å². The van der Waals surface area contributed by atoms with Crippen LogP contribution in [0.2, 0.25) is 0 Å². The Kier molecular flexibility index (Phi) is 9.63. The molecule has 30 heteroatoms. The van der Waals surface area contributed by atoms with Crippen molar-refractivity contribution >= 4 is 15.9 Å². The maximum atomic E-state index is 13.6. The first-order chi connectivity index (χ1) is 18.2. The van der Waals surface area contributed by atoms with Crippen molar-refractivity contribution in [1.82, 2.24) is 0 Å². The normalized spacial score (nSPS) is 17.3. The van der Waals surface area contributed by atoms with E-state index >= 15 is 0 Å². The second-order valence-electron chi connectivity index (χ2n) is 7.89. The van der Waals surface area contributed by atoms with E-state index < -0.39 is 82.1 Å². The molecule has 0 saturated carbocycles. The van der Waals surface area contributed by atoms with Crippen LogP contribution in [0.1, 0.15) is 0 Å². The molecule has 0 heterocycles. The van der Waals surface area contributed by atoms with Crippen molar-refractivity contribution in [2.75, 3.05) is 0 Å². The molecule has 0 unspecified atom stereocenters. The zero-order valence-electron chi connectivity index (χ0n) is 18.3. The van der Waals surface area contributed by atoms with Crippen LogP contribution in [0.5, 0.6) is 0 Å². The highest BCUT2D eigenvalue weighted by atomic mass is 79.9. The smallest absolute Gasteiger partial charge is 0.192 e. The Hall–Kier alpha value is -1.55. The standard InChI is InChI=1S/C14BrF29/c15-13(40,41)11(36,37)9(32,33)7(28,29)5(24,25)3(20,21)1(16,17)2(18,19)4(22,23)6(26,27)8(30,31)10(34,35)12(38,39)14(42,43)44. The van der Waals surface area contributed by atoms with Gasteiger partial charge in [0.1, 0.15) is 0 Å². The first-order valence-corrected chi connectivity index (χ1v) is 9.71. The van der Waals surface area contributed by atoms with Crippen LogP contribution >= 0.6 is 15.9 Å². The Morgan fingerprint density at radius 2 is 0.295 bits per heavy atom. The quantitative estimate of drug-likeness (QED) is 0.136. The van der Waals surface area contributed by atoms with Gasteiger partial charge in [-0.2, -0.15) is 127 Å². The lowest BCUT2D eigenvalue weighted by Gasteiger charge is -2.46. The first-order valence-electron chi connectivity index (χ1n) is 8.92. The molecule has 0 aromatic heterocycles. The lowest BCUT2D eigenvalue weighted by Crippen LogP contribution is -2.79. The maximum absolute atomic E-state index is 13.6. The zero-order valence-corrected chi connectivity index (χ0v) is 19.9. The average Bonchev–Trinajstić information content (AvgIpc) is 2.75. The van der Waals surface area contributed by atoms with Crippen LogP contribution in [0.4, 0.5) is 127 Å². The molecule has 0 amide bonds. The van der Waals surface area contributed by atoms with Crippen molar-refractivity contribution in [2.45, 2.75) is 82.1 Å². The minimum atomic E-state index is -9.91. The second kappa shape index (κ2) is 9.98. The van der Waals surface area contributed by atoms with Crippen LogP contribution in [-0.2, 0) is 0 Å². The Labute approximate surface area is 226 Å². The summed E-state index contributed by atoms with van der Waals surface area (Å²) in [5, 5.41) is 0. The maximum Gasteiger partial charge on any atom is 0.460 e. The lowest BCUT2D eigenvalue weighted by molar-refractivity contribution is -0.486. The molecule has 0 spiro atoms. The topological polar surface area (TPSA) is 0 Å². The molecule has 0 aromatic rings. The molecule has 0 radical (unpaired) electrons. The number of rotatable bonds is 12.